The first kappa shape index (κ1) is 32.5. The fraction of sp³-hybridized carbons (Fsp3) is 0.513. The Morgan fingerprint density at radius 1 is 1.02 bits per heavy atom. The molecule has 2 amide bonds. The number of hydrogen-bond donors (Lipinski definition) is 1. The lowest BCUT2D eigenvalue weighted by Crippen LogP contribution is -2.59. The maximum absolute atomic E-state index is 14.8. The molecule has 4 aromatic rings. The van der Waals surface area contributed by atoms with Crippen molar-refractivity contribution in [2.45, 2.75) is 82.3 Å². The first-order valence-electron chi connectivity index (χ1n) is 18.6. The Hall–Kier alpha value is -4.42. The molecule has 1 N–H and O–H groups in total. The summed E-state index contributed by atoms with van der Waals surface area (Å²) in [5.41, 5.74) is 4.72. The second-order valence-corrected chi connectivity index (χ2v) is 15.4. The summed E-state index contributed by atoms with van der Waals surface area (Å²) in [6, 6.07) is 10.6. The predicted molar refractivity (Wildman–Crippen MR) is 192 cm³/mol. The third-order valence-electron chi connectivity index (χ3n) is 12.1. The van der Waals surface area contributed by atoms with Crippen LogP contribution in [0.4, 0.5) is 21.6 Å². The molecule has 4 aliphatic heterocycles. The Morgan fingerprint density at radius 3 is 2.51 bits per heavy atom. The topological polar surface area (TPSA) is 109 Å². The number of piperidine rings is 2. The molecule has 5 aliphatic rings. The number of likely N-dealkylation sites (tertiary alicyclic amines) is 2. The van der Waals surface area contributed by atoms with Gasteiger partial charge in [0.2, 0.25) is 11.8 Å². The fourth-order valence-electron chi connectivity index (χ4n) is 8.98. The largest absolute Gasteiger partial charge is 0.380 e. The number of benzene rings is 1. The van der Waals surface area contributed by atoms with Gasteiger partial charge in [-0.1, -0.05) is 18.6 Å². The third-order valence-corrected chi connectivity index (χ3v) is 12.1. The summed E-state index contributed by atoms with van der Waals surface area (Å²) in [7, 11) is 0. The molecule has 7 heterocycles. The molecule has 9 rings (SSSR count). The molecule has 1 saturated carbocycles. The van der Waals surface area contributed by atoms with Gasteiger partial charge in [-0.2, -0.15) is 0 Å². The quantitative estimate of drug-likeness (QED) is 0.258. The first-order chi connectivity index (χ1) is 24.8. The van der Waals surface area contributed by atoms with Crippen molar-refractivity contribution < 1.29 is 18.7 Å². The van der Waals surface area contributed by atoms with Gasteiger partial charge >= 0.3 is 0 Å². The smallest absolute Gasteiger partial charge is 0.238 e. The molecule has 0 atom stereocenters. The zero-order chi connectivity index (χ0) is 34.9. The lowest BCUT2D eigenvalue weighted by atomic mass is 9.73. The van der Waals surface area contributed by atoms with E-state index in [2.05, 4.69) is 52.1 Å². The summed E-state index contributed by atoms with van der Waals surface area (Å²) in [5.74, 6) is 0.293. The minimum atomic E-state index is -0.657. The van der Waals surface area contributed by atoms with Gasteiger partial charge in [0.05, 0.1) is 54.0 Å². The van der Waals surface area contributed by atoms with Crippen LogP contribution in [0.15, 0.2) is 49.1 Å². The van der Waals surface area contributed by atoms with Gasteiger partial charge in [0.15, 0.2) is 11.6 Å². The number of pyridine rings is 2. The minimum Gasteiger partial charge on any atom is -0.380 e. The van der Waals surface area contributed by atoms with E-state index in [9.17, 15) is 14.0 Å². The monoisotopic (exact) mass is 692 g/mol. The molecule has 0 radical (unpaired) electrons. The van der Waals surface area contributed by atoms with E-state index in [0.717, 1.165) is 53.8 Å². The van der Waals surface area contributed by atoms with Crippen LogP contribution in [0.1, 0.15) is 70.4 Å². The standard InChI is InChI=1S/C39H45FN8O3/c1-24(2)47-23-42-33-19-32(44-36(35(33)47)43-31-8-11-41-20-30(31)40)25-6-7-29-34(16-25)48(28-17-27(18-28)45-12-4-3-5-13-45)38(50)39(29)9-14-46(15-10-39)37(49)26-21-51-22-26/h6-8,11,16,19-20,23-24,26-28H,3-5,9-10,12-15,17-18,21-22H2,1-2H3,(H,41,43,44)/t27-,28+. The summed E-state index contributed by atoms with van der Waals surface area (Å²) in [6.45, 7) is 8.55. The van der Waals surface area contributed by atoms with Crippen LogP contribution in [-0.4, -0.2) is 92.6 Å². The number of halogens is 1. The average Bonchev–Trinajstić information content (AvgIpc) is 3.63. The van der Waals surface area contributed by atoms with E-state index in [1.807, 2.05) is 15.5 Å². The van der Waals surface area contributed by atoms with E-state index < -0.39 is 11.2 Å². The van der Waals surface area contributed by atoms with Crippen molar-refractivity contribution in [2.24, 2.45) is 5.92 Å². The lowest BCUT2D eigenvalue weighted by Gasteiger charge is -2.48. The van der Waals surface area contributed by atoms with Crippen LogP contribution in [0.25, 0.3) is 22.3 Å². The molecular formula is C39H45FN8O3. The van der Waals surface area contributed by atoms with Gasteiger partial charge in [0.25, 0.3) is 0 Å². The molecular weight excluding hydrogens is 647 g/mol. The average molecular weight is 693 g/mol. The number of carbonyl (C=O) groups is 2. The predicted octanol–water partition coefficient (Wildman–Crippen LogP) is 5.83. The second kappa shape index (κ2) is 12.7. The van der Waals surface area contributed by atoms with Crippen LogP contribution in [0.5, 0.6) is 0 Å². The minimum absolute atomic E-state index is 0.0578. The first-order valence-corrected chi connectivity index (χ1v) is 18.6. The summed E-state index contributed by atoms with van der Waals surface area (Å²) in [4.78, 5) is 48.3. The number of rotatable bonds is 7. The van der Waals surface area contributed by atoms with E-state index in [1.54, 1.807) is 18.6 Å². The fourth-order valence-corrected chi connectivity index (χ4v) is 8.98. The van der Waals surface area contributed by atoms with E-state index in [1.165, 1.54) is 25.5 Å². The van der Waals surface area contributed by atoms with Crippen LogP contribution in [0.3, 0.4) is 0 Å². The normalized spacial score (nSPS) is 23.5. The number of anilines is 3. The van der Waals surface area contributed by atoms with Crippen molar-refractivity contribution >= 4 is 40.0 Å². The maximum Gasteiger partial charge on any atom is 0.238 e. The second-order valence-electron chi connectivity index (χ2n) is 15.4. The maximum atomic E-state index is 14.8. The molecule has 11 nitrogen and oxygen atoms in total. The van der Waals surface area contributed by atoms with Crippen molar-refractivity contribution in [1.29, 1.82) is 0 Å². The molecule has 51 heavy (non-hydrogen) atoms. The molecule has 0 bridgehead atoms. The number of nitrogens with zero attached hydrogens (tertiary/aromatic N) is 7. The van der Waals surface area contributed by atoms with Gasteiger partial charge in [-0.15, -0.1) is 0 Å². The Morgan fingerprint density at radius 2 is 1.80 bits per heavy atom. The third kappa shape index (κ3) is 5.40. The van der Waals surface area contributed by atoms with Gasteiger partial charge in [-0.05, 0) is 89.2 Å². The zero-order valence-electron chi connectivity index (χ0n) is 29.4. The van der Waals surface area contributed by atoms with Crippen LogP contribution < -0.4 is 10.2 Å². The van der Waals surface area contributed by atoms with Crippen molar-refractivity contribution in [2.75, 3.05) is 49.6 Å². The molecule has 0 unspecified atom stereocenters. The molecule has 1 aliphatic carbocycles. The van der Waals surface area contributed by atoms with Crippen LogP contribution in [-0.2, 0) is 19.7 Å². The van der Waals surface area contributed by atoms with E-state index in [0.29, 0.717) is 56.7 Å². The van der Waals surface area contributed by atoms with Crippen molar-refractivity contribution in [1.82, 2.24) is 29.3 Å². The van der Waals surface area contributed by atoms with E-state index in [4.69, 9.17) is 14.7 Å². The molecule has 1 spiro atoms. The lowest BCUT2D eigenvalue weighted by molar-refractivity contribution is -0.152. The highest BCUT2D eigenvalue weighted by Gasteiger charge is 2.56. The van der Waals surface area contributed by atoms with Gasteiger partial charge in [0, 0.05) is 48.7 Å². The Bertz CT molecular complexity index is 1990. The van der Waals surface area contributed by atoms with Crippen LogP contribution >= 0.6 is 0 Å². The number of hydrogen-bond acceptors (Lipinski definition) is 8. The van der Waals surface area contributed by atoms with Crippen molar-refractivity contribution in [3.8, 4) is 11.3 Å². The SMILES string of the molecule is CC(C)n1cnc2cc(-c3ccc4c(c3)N([C@H]3C[C@@H](N5CCCCC5)C3)C(=O)C43CCN(C(=O)C4COC4)CC3)nc(Nc3ccncc3F)c21. The number of ether oxygens (including phenoxy) is 1. The number of nitrogens with one attached hydrogen (secondary N) is 1. The number of amides is 2. The highest BCUT2D eigenvalue weighted by Crippen LogP contribution is 2.52. The van der Waals surface area contributed by atoms with Crippen LogP contribution in [0.2, 0.25) is 0 Å². The van der Waals surface area contributed by atoms with Gasteiger partial charge < -0.3 is 29.3 Å². The van der Waals surface area contributed by atoms with Crippen molar-refractivity contribution in [3.05, 3.63) is 60.4 Å². The van der Waals surface area contributed by atoms with Crippen LogP contribution in [0, 0.1) is 11.7 Å². The van der Waals surface area contributed by atoms with E-state index in [-0.39, 0.29) is 35.5 Å². The van der Waals surface area contributed by atoms with Gasteiger partial charge in [-0.3, -0.25) is 14.6 Å². The Kier molecular flexibility index (Phi) is 8.07. The summed E-state index contributed by atoms with van der Waals surface area (Å²) in [5, 5.41) is 3.23. The zero-order valence-corrected chi connectivity index (χ0v) is 29.4. The molecule has 3 aromatic heterocycles. The van der Waals surface area contributed by atoms with E-state index >= 15 is 0 Å². The number of aromatic nitrogens is 4. The molecule has 12 heteroatoms. The molecule has 4 fully saturated rings. The summed E-state index contributed by atoms with van der Waals surface area (Å²) < 4.78 is 22.2. The van der Waals surface area contributed by atoms with Gasteiger partial charge in [0.1, 0.15) is 5.52 Å². The highest BCUT2D eigenvalue weighted by molar-refractivity contribution is 6.09. The molecule has 266 valence electrons. The van der Waals surface area contributed by atoms with Crippen molar-refractivity contribution in [3.63, 3.8) is 0 Å². The molecule has 3 saturated heterocycles. The van der Waals surface area contributed by atoms with Gasteiger partial charge in [-0.25, -0.2) is 14.4 Å². The summed E-state index contributed by atoms with van der Waals surface area (Å²) >= 11 is 0. The number of imidazole rings is 1. The summed E-state index contributed by atoms with van der Waals surface area (Å²) in [6.07, 6.45) is 11.5. The Labute approximate surface area is 297 Å². The molecule has 1 aromatic carbocycles. The number of fused-ring (bicyclic) bond motifs is 3. The highest BCUT2D eigenvalue weighted by atomic mass is 19.1. The Balaban J connectivity index is 1.09. The number of carbonyl (C=O) groups excluding carboxylic acids is 2.